The van der Waals surface area contributed by atoms with Crippen LogP contribution in [-0.4, -0.2) is 23.9 Å². The van der Waals surface area contributed by atoms with E-state index < -0.39 is 17.7 Å². The molecule has 0 radical (unpaired) electrons. The summed E-state index contributed by atoms with van der Waals surface area (Å²) in [5, 5.41) is 13.3. The average molecular weight is 464 g/mol. The monoisotopic (exact) mass is 463 g/mol. The van der Waals surface area contributed by atoms with Crippen LogP contribution in [0.2, 0.25) is 0 Å². The molecule has 1 fully saturated rings. The van der Waals surface area contributed by atoms with Gasteiger partial charge in [-0.15, -0.1) is 0 Å². The number of carbonyl (C=O) groups excluding carboxylic acids is 2. The Labute approximate surface area is 203 Å². The molecule has 1 atom stereocenters. The SMILES string of the molecule is COc1ccc(C2/C(=C(/O)c3cccc4ccccc34)C(=O)C(=O)N2c2cc(C)cc(C)c2)cc1. The number of aliphatic hydroxyl groups excluding tert-OH is 1. The minimum absolute atomic E-state index is 0.0654. The van der Waals surface area contributed by atoms with Crippen LogP contribution in [0.4, 0.5) is 5.69 Å². The number of fused-ring (bicyclic) bond motifs is 1. The van der Waals surface area contributed by atoms with Crippen LogP contribution in [-0.2, 0) is 9.59 Å². The van der Waals surface area contributed by atoms with Crippen LogP contribution >= 0.6 is 0 Å². The molecule has 1 aliphatic rings. The number of hydrogen-bond acceptors (Lipinski definition) is 4. The van der Waals surface area contributed by atoms with Crippen LogP contribution in [0, 0.1) is 13.8 Å². The lowest BCUT2D eigenvalue weighted by Gasteiger charge is -2.26. The predicted octanol–water partition coefficient (Wildman–Crippen LogP) is 6.09. The first-order valence-corrected chi connectivity index (χ1v) is 11.4. The summed E-state index contributed by atoms with van der Waals surface area (Å²) in [5.74, 6) is -0.910. The Morgan fingerprint density at radius 3 is 2.20 bits per heavy atom. The number of nitrogens with zero attached hydrogens (tertiary/aromatic N) is 1. The summed E-state index contributed by atoms with van der Waals surface area (Å²) in [7, 11) is 1.58. The Balaban J connectivity index is 1.78. The van der Waals surface area contributed by atoms with Gasteiger partial charge in [0.05, 0.1) is 18.7 Å². The van der Waals surface area contributed by atoms with E-state index in [-0.39, 0.29) is 11.3 Å². The van der Waals surface area contributed by atoms with Crippen LogP contribution in [0.5, 0.6) is 5.75 Å². The standard InChI is InChI=1S/C30H25NO4/c1-18-15-19(2)17-22(16-18)31-27(21-11-13-23(35-3)14-12-21)26(29(33)30(31)34)28(32)25-10-6-8-20-7-4-5-9-24(20)25/h4-17,27,32H,1-3H3/b28-26-. The quantitative estimate of drug-likeness (QED) is 0.226. The van der Waals surface area contributed by atoms with Gasteiger partial charge in [-0.25, -0.2) is 0 Å². The largest absolute Gasteiger partial charge is 0.507 e. The van der Waals surface area contributed by atoms with E-state index in [1.54, 1.807) is 25.3 Å². The molecule has 1 N–H and O–H groups in total. The van der Waals surface area contributed by atoms with Crippen LogP contribution in [0.25, 0.3) is 16.5 Å². The highest BCUT2D eigenvalue weighted by Crippen LogP contribution is 2.43. The molecule has 0 saturated carbocycles. The maximum Gasteiger partial charge on any atom is 0.300 e. The molecule has 5 nitrogen and oxygen atoms in total. The van der Waals surface area contributed by atoms with Crippen molar-refractivity contribution in [2.24, 2.45) is 0 Å². The minimum Gasteiger partial charge on any atom is -0.507 e. The summed E-state index contributed by atoms with van der Waals surface area (Å²) in [5.41, 5.74) is 3.85. The number of anilines is 1. The van der Waals surface area contributed by atoms with Gasteiger partial charge in [-0.2, -0.15) is 0 Å². The first kappa shape index (κ1) is 22.4. The Morgan fingerprint density at radius 2 is 1.51 bits per heavy atom. The number of amides is 1. The first-order chi connectivity index (χ1) is 16.9. The molecule has 0 aliphatic carbocycles. The summed E-state index contributed by atoms with van der Waals surface area (Å²) in [4.78, 5) is 28.4. The third kappa shape index (κ3) is 3.85. The normalized spacial score (nSPS) is 17.2. The van der Waals surface area contributed by atoms with Crippen molar-refractivity contribution in [3.63, 3.8) is 0 Å². The molecule has 1 amide bonds. The van der Waals surface area contributed by atoms with Gasteiger partial charge >= 0.3 is 0 Å². The maximum absolute atomic E-state index is 13.5. The number of Topliss-reactive ketones (excluding diaryl/α,β-unsaturated/α-hetero) is 1. The van der Waals surface area contributed by atoms with Crippen LogP contribution < -0.4 is 9.64 Å². The molecule has 1 saturated heterocycles. The smallest absolute Gasteiger partial charge is 0.300 e. The van der Waals surface area contributed by atoms with E-state index in [4.69, 9.17) is 4.74 Å². The number of ether oxygens (including phenoxy) is 1. The third-order valence-corrected chi connectivity index (χ3v) is 6.41. The number of carbonyl (C=O) groups is 2. The molecular formula is C30H25NO4. The first-order valence-electron chi connectivity index (χ1n) is 11.4. The molecule has 1 unspecified atom stereocenters. The summed E-state index contributed by atoms with van der Waals surface area (Å²) in [6.45, 7) is 3.90. The van der Waals surface area contributed by atoms with Gasteiger partial charge in [0.25, 0.3) is 11.7 Å². The van der Waals surface area contributed by atoms with E-state index in [0.717, 1.165) is 21.9 Å². The molecular weight excluding hydrogens is 438 g/mol. The number of aryl methyl sites for hydroxylation is 2. The van der Waals surface area contributed by atoms with Crippen LogP contribution in [0.3, 0.4) is 0 Å². The molecule has 5 heteroatoms. The molecule has 0 bridgehead atoms. The Morgan fingerprint density at radius 1 is 0.857 bits per heavy atom. The molecule has 174 valence electrons. The fourth-order valence-electron chi connectivity index (χ4n) is 4.87. The van der Waals surface area contributed by atoms with E-state index in [9.17, 15) is 14.7 Å². The van der Waals surface area contributed by atoms with Crippen molar-refractivity contribution in [2.45, 2.75) is 19.9 Å². The van der Waals surface area contributed by atoms with Crippen molar-refractivity contribution in [1.82, 2.24) is 0 Å². The zero-order chi connectivity index (χ0) is 24.7. The number of ketones is 1. The van der Waals surface area contributed by atoms with E-state index in [0.29, 0.717) is 22.6 Å². The van der Waals surface area contributed by atoms with E-state index in [1.165, 1.54) is 4.90 Å². The summed E-state index contributed by atoms with van der Waals surface area (Å²) in [6, 6.07) is 25.4. The number of rotatable bonds is 4. The fraction of sp³-hybridized carbons (Fsp3) is 0.133. The van der Waals surface area contributed by atoms with Gasteiger partial charge in [0.2, 0.25) is 0 Å². The molecule has 4 aromatic rings. The topological polar surface area (TPSA) is 66.8 Å². The van der Waals surface area contributed by atoms with E-state index >= 15 is 0 Å². The van der Waals surface area contributed by atoms with Gasteiger partial charge in [0, 0.05) is 11.3 Å². The fourth-order valence-corrected chi connectivity index (χ4v) is 4.87. The Hall–Kier alpha value is -4.38. The van der Waals surface area contributed by atoms with Crippen molar-refractivity contribution in [1.29, 1.82) is 0 Å². The molecule has 35 heavy (non-hydrogen) atoms. The minimum atomic E-state index is -0.791. The number of benzene rings is 4. The second kappa shape index (κ2) is 8.76. The zero-order valence-corrected chi connectivity index (χ0v) is 19.8. The van der Waals surface area contributed by atoms with Crippen molar-refractivity contribution < 1.29 is 19.4 Å². The number of aliphatic hydroxyl groups is 1. The van der Waals surface area contributed by atoms with Crippen molar-refractivity contribution in [3.05, 3.63) is 113 Å². The van der Waals surface area contributed by atoms with Gasteiger partial charge in [-0.05, 0) is 65.6 Å². The molecule has 1 heterocycles. The van der Waals surface area contributed by atoms with Gasteiger partial charge in [-0.3, -0.25) is 14.5 Å². The second-order valence-corrected chi connectivity index (χ2v) is 8.81. The number of hydrogen-bond donors (Lipinski definition) is 1. The van der Waals surface area contributed by atoms with Gasteiger partial charge in [0.15, 0.2) is 0 Å². The van der Waals surface area contributed by atoms with Gasteiger partial charge in [0.1, 0.15) is 11.5 Å². The van der Waals surface area contributed by atoms with Crippen molar-refractivity contribution in [3.8, 4) is 5.75 Å². The Bertz CT molecular complexity index is 1480. The van der Waals surface area contributed by atoms with E-state index in [1.807, 2.05) is 80.6 Å². The van der Waals surface area contributed by atoms with Crippen LogP contribution in [0.15, 0.2) is 90.5 Å². The second-order valence-electron chi connectivity index (χ2n) is 8.81. The molecule has 1 aliphatic heterocycles. The molecule has 0 spiro atoms. The lowest BCUT2D eigenvalue weighted by molar-refractivity contribution is -0.132. The zero-order valence-electron chi connectivity index (χ0n) is 19.8. The summed E-state index contributed by atoms with van der Waals surface area (Å²) >= 11 is 0. The van der Waals surface area contributed by atoms with Gasteiger partial charge in [-0.1, -0.05) is 60.7 Å². The Kier molecular flexibility index (Phi) is 5.61. The van der Waals surface area contributed by atoms with Crippen LogP contribution in [0.1, 0.15) is 28.3 Å². The summed E-state index contributed by atoms with van der Waals surface area (Å²) in [6.07, 6.45) is 0. The number of methoxy groups -OCH3 is 1. The van der Waals surface area contributed by atoms with Crippen molar-refractivity contribution >= 4 is 33.9 Å². The lowest BCUT2D eigenvalue weighted by Crippen LogP contribution is -2.29. The average Bonchev–Trinajstić information content (AvgIpc) is 3.13. The predicted molar refractivity (Wildman–Crippen MR) is 138 cm³/mol. The lowest BCUT2D eigenvalue weighted by atomic mass is 9.93. The molecule has 0 aromatic heterocycles. The highest BCUT2D eigenvalue weighted by atomic mass is 16.5. The van der Waals surface area contributed by atoms with Gasteiger partial charge < -0.3 is 9.84 Å². The molecule has 5 rings (SSSR count). The highest BCUT2D eigenvalue weighted by Gasteiger charge is 2.47. The highest BCUT2D eigenvalue weighted by molar-refractivity contribution is 6.51. The molecule has 4 aromatic carbocycles. The van der Waals surface area contributed by atoms with Crippen molar-refractivity contribution in [2.75, 3.05) is 12.0 Å². The summed E-state index contributed by atoms with van der Waals surface area (Å²) < 4.78 is 5.30. The van der Waals surface area contributed by atoms with E-state index in [2.05, 4.69) is 0 Å². The third-order valence-electron chi connectivity index (χ3n) is 6.41. The maximum atomic E-state index is 13.5.